The minimum atomic E-state index is -0.615. The van der Waals surface area contributed by atoms with Gasteiger partial charge in [-0.25, -0.2) is 0 Å². The Hall–Kier alpha value is -0.860. The van der Waals surface area contributed by atoms with Gasteiger partial charge in [0.1, 0.15) is 5.60 Å². The molecule has 1 aliphatic heterocycles. The summed E-state index contributed by atoms with van der Waals surface area (Å²) in [6, 6.07) is 9.36. The van der Waals surface area contributed by atoms with Crippen LogP contribution in [-0.2, 0) is 12.0 Å². The Bertz CT molecular complexity index is 452. The third kappa shape index (κ3) is 2.85. The van der Waals surface area contributed by atoms with Crippen molar-refractivity contribution in [2.45, 2.75) is 51.2 Å². The fourth-order valence-corrected chi connectivity index (χ4v) is 3.27. The Morgan fingerprint density at radius 1 is 1.37 bits per heavy atom. The summed E-state index contributed by atoms with van der Waals surface area (Å²) < 4.78 is 0. The molecule has 2 aliphatic rings. The second kappa shape index (κ2) is 4.92. The van der Waals surface area contributed by atoms with E-state index in [0.29, 0.717) is 5.92 Å². The van der Waals surface area contributed by atoms with Crippen molar-refractivity contribution in [1.29, 1.82) is 0 Å². The van der Waals surface area contributed by atoms with Crippen molar-refractivity contribution in [2.75, 3.05) is 13.1 Å². The van der Waals surface area contributed by atoms with E-state index in [9.17, 15) is 5.11 Å². The van der Waals surface area contributed by atoms with E-state index >= 15 is 0 Å². The summed E-state index contributed by atoms with van der Waals surface area (Å²) in [4.78, 5) is 2.47. The molecule has 1 saturated heterocycles. The summed E-state index contributed by atoms with van der Waals surface area (Å²) in [5, 5.41) is 10.9. The highest BCUT2D eigenvalue weighted by molar-refractivity contribution is 5.30. The Morgan fingerprint density at radius 2 is 2.16 bits per heavy atom. The minimum absolute atomic E-state index is 0.615. The van der Waals surface area contributed by atoms with Crippen LogP contribution in [0.15, 0.2) is 24.3 Å². The second-order valence-corrected chi connectivity index (χ2v) is 6.78. The van der Waals surface area contributed by atoms with Gasteiger partial charge in [-0.15, -0.1) is 0 Å². The zero-order valence-electron chi connectivity index (χ0n) is 12.1. The van der Waals surface area contributed by atoms with Crippen LogP contribution in [0, 0.1) is 5.92 Å². The van der Waals surface area contributed by atoms with Crippen LogP contribution in [-0.4, -0.2) is 29.1 Å². The number of likely N-dealkylation sites (tertiary alicyclic amines) is 1. The molecule has 1 N–H and O–H groups in total. The van der Waals surface area contributed by atoms with E-state index in [-0.39, 0.29) is 0 Å². The first kappa shape index (κ1) is 13.1. The molecule has 2 fully saturated rings. The van der Waals surface area contributed by atoms with Crippen molar-refractivity contribution < 1.29 is 5.11 Å². The van der Waals surface area contributed by atoms with Crippen LogP contribution in [0.4, 0.5) is 0 Å². The van der Waals surface area contributed by atoms with Crippen LogP contribution in [0.25, 0.3) is 0 Å². The van der Waals surface area contributed by atoms with E-state index in [1.54, 1.807) is 0 Å². The van der Waals surface area contributed by atoms with Crippen LogP contribution in [0.3, 0.4) is 0 Å². The third-order valence-electron chi connectivity index (χ3n) is 4.45. The number of aliphatic hydroxyl groups is 1. The average Bonchev–Trinajstić information content (AvgIpc) is 3.13. The molecule has 0 bridgehead atoms. The number of β-amino-alcohol motifs (C(OH)–C–C–N with tert-alkyl or cyclic N) is 1. The molecule has 1 unspecified atom stereocenters. The molecule has 1 heterocycles. The maximum absolute atomic E-state index is 10.9. The Kier molecular flexibility index (Phi) is 3.40. The number of rotatable bonds is 4. The van der Waals surface area contributed by atoms with Crippen LogP contribution < -0.4 is 0 Å². The lowest BCUT2D eigenvalue weighted by atomic mass is 9.90. The van der Waals surface area contributed by atoms with Gasteiger partial charge < -0.3 is 5.11 Å². The summed E-state index contributed by atoms with van der Waals surface area (Å²) in [6.45, 7) is 6.36. The van der Waals surface area contributed by atoms with Gasteiger partial charge in [-0.05, 0) is 42.7 Å². The van der Waals surface area contributed by atoms with Gasteiger partial charge in [0.2, 0.25) is 0 Å². The molecule has 0 aromatic heterocycles. The van der Waals surface area contributed by atoms with E-state index in [2.05, 4.69) is 43.0 Å². The molecule has 1 aromatic rings. The fraction of sp³-hybridized carbons (Fsp3) is 0.647. The van der Waals surface area contributed by atoms with E-state index < -0.39 is 5.60 Å². The molecule has 1 atom stereocenters. The molecule has 1 aromatic carbocycles. The number of benzene rings is 1. The molecule has 2 nitrogen and oxygen atoms in total. The van der Waals surface area contributed by atoms with E-state index in [4.69, 9.17) is 0 Å². The highest BCUT2D eigenvalue weighted by Gasteiger charge is 2.42. The quantitative estimate of drug-likeness (QED) is 0.898. The number of hydrogen-bond acceptors (Lipinski definition) is 2. The van der Waals surface area contributed by atoms with Gasteiger partial charge in [0, 0.05) is 19.1 Å². The largest absolute Gasteiger partial charge is 0.384 e. The SMILES string of the molecule is CC(C)Cc1cccc(C2(O)CCN(C3CC3)C2)c1. The van der Waals surface area contributed by atoms with Gasteiger partial charge in [0.15, 0.2) is 0 Å². The molecular weight excluding hydrogens is 234 g/mol. The van der Waals surface area contributed by atoms with Gasteiger partial charge in [-0.1, -0.05) is 38.1 Å². The Labute approximate surface area is 116 Å². The summed E-state index contributed by atoms with van der Waals surface area (Å²) in [6.07, 6.45) is 4.62. The van der Waals surface area contributed by atoms with Gasteiger partial charge in [0.05, 0.1) is 0 Å². The first-order valence-corrected chi connectivity index (χ1v) is 7.63. The predicted molar refractivity (Wildman–Crippen MR) is 78.1 cm³/mol. The van der Waals surface area contributed by atoms with E-state index in [1.807, 2.05) is 0 Å². The first-order valence-electron chi connectivity index (χ1n) is 7.63. The summed E-state index contributed by atoms with van der Waals surface area (Å²) >= 11 is 0. The van der Waals surface area contributed by atoms with Crippen molar-refractivity contribution in [2.24, 2.45) is 5.92 Å². The summed E-state index contributed by atoms with van der Waals surface area (Å²) in [5.74, 6) is 0.663. The van der Waals surface area contributed by atoms with Gasteiger partial charge in [-0.3, -0.25) is 4.90 Å². The molecule has 104 valence electrons. The molecule has 19 heavy (non-hydrogen) atoms. The molecular formula is C17H25NO. The average molecular weight is 259 g/mol. The molecule has 0 spiro atoms. The van der Waals surface area contributed by atoms with E-state index in [1.165, 1.54) is 18.4 Å². The molecule has 2 heteroatoms. The van der Waals surface area contributed by atoms with Gasteiger partial charge >= 0.3 is 0 Å². The zero-order valence-corrected chi connectivity index (χ0v) is 12.1. The number of hydrogen-bond donors (Lipinski definition) is 1. The van der Waals surface area contributed by atoms with Crippen molar-refractivity contribution in [3.8, 4) is 0 Å². The first-order chi connectivity index (χ1) is 9.07. The predicted octanol–water partition coefficient (Wildman–Crippen LogP) is 2.94. The second-order valence-electron chi connectivity index (χ2n) is 6.78. The summed E-state index contributed by atoms with van der Waals surface area (Å²) in [5.41, 5.74) is 1.86. The number of nitrogens with zero attached hydrogens (tertiary/aromatic N) is 1. The fourth-order valence-electron chi connectivity index (χ4n) is 3.27. The highest BCUT2D eigenvalue weighted by atomic mass is 16.3. The van der Waals surface area contributed by atoms with Crippen molar-refractivity contribution in [1.82, 2.24) is 4.90 Å². The normalized spacial score (nSPS) is 28.2. The lowest BCUT2D eigenvalue weighted by Crippen LogP contribution is -2.31. The lowest BCUT2D eigenvalue weighted by molar-refractivity contribution is 0.0451. The minimum Gasteiger partial charge on any atom is -0.384 e. The standard InChI is InChI=1S/C17H25NO/c1-13(2)10-14-4-3-5-15(11-14)17(19)8-9-18(12-17)16-6-7-16/h3-5,11,13,16,19H,6-10,12H2,1-2H3. The van der Waals surface area contributed by atoms with Crippen molar-refractivity contribution in [3.05, 3.63) is 35.4 Å². The van der Waals surface area contributed by atoms with Crippen LogP contribution in [0.1, 0.15) is 44.2 Å². The van der Waals surface area contributed by atoms with Gasteiger partial charge in [0.25, 0.3) is 0 Å². The monoisotopic (exact) mass is 259 g/mol. The van der Waals surface area contributed by atoms with E-state index in [0.717, 1.165) is 37.5 Å². The van der Waals surface area contributed by atoms with Crippen LogP contribution in [0.5, 0.6) is 0 Å². The lowest BCUT2D eigenvalue weighted by Gasteiger charge is -2.25. The molecule has 0 amide bonds. The molecule has 1 aliphatic carbocycles. The smallest absolute Gasteiger partial charge is 0.103 e. The topological polar surface area (TPSA) is 23.5 Å². The van der Waals surface area contributed by atoms with Gasteiger partial charge in [-0.2, -0.15) is 0 Å². The maximum atomic E-state index is 10.9. The highest BCUT2D eigenvalue weighted by Crippen LogP contribution is 2.38. The molecule has 3 rings (SSSR count). The Balaban J connectivity index is 1.77. The Morgan fingerprint density at radius 3 is 2.84 bits per heavy atom. The maximum Gasteiger partial charge on any atom is 0.103 e. The van der Waals surface area contributed by atoms with Crippen molar-refractivity contribution >= 4 is 0 Å². The van der Waals surface area contributed by atoms with Crippen molar-refractivity contribution in [3.63, 3.8) is 0 Å². The van der Waals surface area contributed by atoms with Crippen LogP contribution >= 0.6 is 0 Å². The molecule has 0 radical (unpaired) electrons. The third-order valence-corrected chi connectivity index (χ3v) is 4.45. The van der Waals surface area contributed by atoms with Crippen LogP contribution in [0.2, 0.25) is 0 Å². The summed E-state index contributed by atoms with van der Waals surface area (Å²) in [7, 11) is 0. The zero-order chi connectivity index (χ0) is 13.5. The molecule has 1 saturated carbocycles.